The molecule has 3 N–H and O–H groups in total. The van der Waals surface area contributed by atoms with Crippen LogP contribution in [0.4, 0.5) is 0 Å². The van der Waals surface area contributed by atoms with Crippen LogP contribution < -0.4 is 16.2 Å². The monoisotopic (exact) mass is 328 g/mol. The Kier molecular flexibility index (Phi) is 6.14. The SMILES string of the molecule is Cc1nc(C(C)(C)C)[nH]c(=O)c1C(=O)NC1CCCNC1.Cl. The van der Waals surface area contributed by atoms with Gasteiger partial charge in [-0.1, -0.05) is 20.8 Å². The zero-order valence-electron chi connectivity index (χ0n) is 13.6. The summed E-state index contributed by atoms with van der Waals surface area (Å²) in [6.07, 6.45) is 1.96. The molecule has 2 heterocycles. The van der Waals surface area contributed by atoms with Crippen molar-refractivity contribution in [2.24, 2.45) is 0 Å². The van der Waals surface area contributed by atoms with E-state index < -0.39 is 0 Å². The summed E-state index contributed by atoms with van der Waals surface area (Å²) in [7, 11) is 0. The van der Waals surface area contributed by atoms with Gasteiger partial charge in [0.05, 0.1) is 5.69 Å². The van der Waals surface area contributed by atoms with E-state index in [0.29, 0.717) is 11.5 Å². The van der Waals surface area contributed by atoms with Gasteiger partial charge in [0.15, 0.2) is 0 Å². The van der Waals surface area contributed by atoms with Crippen molar-refractivity contribution in [3.05, 3.63) is 27.4 Å². The summed E-state index contributed by atoms with van der Waals surface area (Å²) in [4.78, 5) is 31.7. The first kappa shape index (κ1) is 18.6. The molecule has 0 radical (unpaired) electrons. The molecule has 1 unspecified atom stereocenters. The molecule has 1 amide bonds. The van der Waals surface area contributed by atoms with E-state index in [4.69, 9.17) is 0 Å². The molecular weight excluding hydrogens is 304 g/mol. The van der Waals surface area contributed by atoms with Gasteiger partial charge in [0.1, 0.15) is 11.4 Å². The Labute approximate surface area is 136 Å². The molecule has 0 bridgehead atoms. The minimum Gasteiger partial charge on any atom is -0.348 e. The van der Waals surface area contributed by atoms with Gasteiger partial charge in [-0.15, -0.1) is 12.4 Å². The maximum atomic E-state index is 12.3. The van der Waals surface area contributed by atoms with E-state index in [1.807, 2.05) is 20.8 Å². The second-order valence-corrected chi connectivity index (χ2v) is 6.64. The number of rotatable bonds is 2. The molecular formula is C15H25ClN4O2. The lowest BCUT2D eigenvalue weighted by molar-refractivity contribution is 0.0927. The van der Waals surface area contributed by atoms with Gasteiger partial charge in [-0.25, -0.2) is 4.98 Å². The summed E-state index contributed by atoms with van der Waals surface area (Å²) in [5.74, 6) is 0.260. The molecule has 6 nitrogen and oxygen atoms in total. The fraction of sp³-hybridized carbons (Fsp3) is 0.667. The van der Waals surface area contributed by atoms with Crippen LogP contribution in [0, 0.1) is 6.92 Å². The highest BCUT2D eigenvalue weighted by molar-refractivity contribution is 5.95. The van der Waals surface area contributed by atoms with Crippen LogP contribution in [0.15, 0.2) is 4.79 Å². The average molecular weight is 329 g/mol. The Balaban J connectivity index is 0.00000242. The summed E-state index contributed by atoms with van der Waals surface area (Å²) >= 11 is 0. The van der Waals surface area contributed by atoms with E-state index >= 15 is 0 Å². The number of aryl methyl sites for hydroxylation is 1. The third-order valence-corrected chi connectivity index (χ3v) is 3.67. The molecule has 0 saturated carbocycles. The molecule has 124 valence electrons. The number of piperidine rings is 1. The number of aromatic amines is 1. The first-order valence-electron chi connectivity index (χ1n) is 7.42. The molecule has 1 aromatic heterocycles. The standard InChI is InChI=1S/C15H24N4O2.ClH/c1-9-11(12(20)18-10-6-5-7-16-8-10)13(21)19-14(17-9)15(2,3)4;/h10,16H,5-8H2,1-4H3,(H,18,20)(H,17,19,21);1H. The fourth-order valence-corrected chi connectivity index (χ4v) is 2.44. The predicted molar refractivity (Wildman–Crippen MR) is 88.9 cm³/mol. The van der Waals surface area contributed by atoms with Crippen molar-refractivity contribution in [3.63, 3.8) is 0 Å². The number of nitrogens with one attached hydrogen (secondary N) is 3. The number of hydrogen-bond acceptors (Lipinski definition) is 4. The van der Waals surface area contributed by atoms with Gasteiger partial charge in [0.2, 0.25) is 0 Å². The van der Waals surface area contributed by atoms with Gasteiger partial charge in [0, 0.05) is 18.0 Å². The molecule has 0 aromatic carbocycles. The van der Waals surface area contributed by atoms with Crippen LogP contribution in [0.3, 0.4) is 0 Å². The normalized spacial score (nSPS) is 18.5. The largest absolute Gasteiger partial charge is 0.348 e. The van der Waals surface area contributed by atoms with Crippen molar-refractivity contribution < 1.29 is 4.79 Å². The third-order valence-electron chi connectivity index (χ3n) is 3.67. The highest BCUT2D eigenvalue weighted by Gasteiger charge is 2.24. The van der Waals surface area contributed by atoms with E-state index in [0.717, 1.165) is 25.9 Å². The number of carbonyl (C=O) groups is 1. The Hall–Kier alpha value is -1.40. The van der Waals surface area contributed by atoms with E-state index in [9.17, 15) is 9.59 Å². The number of halogens is 1. The van der Waals surface area contributed by atoms with Crippen LogP contribution in [0.25, 0.3) is 0 Å². The zero-order chi connectivity index (χ0) is 15.6. The van der Waals surface area contributed by atoms with Crippen LogP contribution in [0.2, 0.25) is 0 Å². The van der Waals surface area contributed by atoms with Gasteiger partial charge in [-0.3, -0.25) is 9.59 Å². The van der Waals surface area contributed by atoms with E-state index in [2.05, 4.69) is 20.6 Å². The molecule has 1 fully saturated rings. The Morgan fingerprint density at radius 3 is 2.55 bits per heavy atom. The van der Waals surface area contributed by atoms with Gasteiger partial charge < -0.3 is 15.6 Å². The average Bonchev–Trinajstić information content (AvgIpc) is 2.37. The zero-order valence-corrected chi connectivity index (χ0v) is 14.4. The highest BCUT2D eigenvalue weighted by atomic mass is 35.5. The quantitative estimate of drug-likeness (QED) is 0.763. The second-order valence-electron chi connectivity index (χ2n) is 6.64. The number of amides is 1. The Morgan fingerprint density at radius 1 is 1.36 bits per heavy atom. The first-order chi connectivity index (χ1) is 9.79. The lowest BCUT2D eigenvalue weighted by Crippen LogP contribution is -2.47. The van der Waals surface area contributed by atoms with Crippen LogP contribution >= 0.6 is 12.4 Å². The van der Waals surface area contributed by atoms with Gasteiger partial charge in [-0.05, 0) is 26.3 Å². The minimum absolute atomic E-state index is 0. The fourth-order valence-electron chi connectivity index (χ4n) is 2.44. The van der Waals surface area contributed by atoms with Crippen molar-refractivity contribution in [3.8, 4) is 0 Å². The lowest BCUT2D eigenvalue weighted by Gasteiger charge is -2.24. The maximum absolute atomic E-state index is 12.3. The van der Waals surface area contributed by atoms with Crippen LogP contribution in [0.5, 0.6) is 0 Å². The summed E-state index contributed by atoms with van der Waals surface area (Å²) in [5, 5.41) is 6.15. The molecule has 2 rings (SSSR count). The van der Waals surface area contributed by atoms with Crippen molar-refractivity contribution in [2.45, 2.75) is 52.0 Å². The van der Waals surface area contributed by atoms with E-state index in [1.54, 1.807) is 6.92 Å². The van der Waals surface area contributed by atoms with Crippen LogP contribution in [-0.2, 0) is 5.41 Å². The minimum atomic E-state index is -0.367. The van der Waals surface area contributed by atoms with Crippen molar-refractivity contribution >= 4 is 18.3 Å². The highest BCUT2D eigenvalue weighted by Crippen LogP contribution is 2.17. The van der Waals surface area contributed by atoms with Crippen molar-refractivity contribution in [1.29, 1.82) is 0 Å². The number of H-pyrrole nitrogens is 1. The number of nitrogens with zero attached hydrogens (tertiary/aromatic N) is 1. The summed E-state index contributed by atoms with van der Waals surface area (Å²) in [5.41, 5.74) is -0.0288. The predicted octanol–water partition coefficient (Wildman–Crippen LogP) is 1.28. The first-order valence-corrected chi connectivity index (χ1v) is 7.42. The lowest BCUT2D eigenvalue weighted by atomic mass is 9.95. The molecule has 0 aliphatic carbocycles. The van der Waals surface area contributed by atoms with Crippen molar-refractivity contribution in [2.75, 3.05) is 13.1 Å². The Bertz CT molecular complexity index is 586. The molecule has 7 heteroatoms. The molecule has 1 aliphatic heterocycles. The summed E-state index contributed by atoms with van der Waals surface area (Å²) < 4.78 is 0. The Morgan fingerprint density at radius 2 is 2.05 bits per heavy atom. The number of carbonyl (C=O) groups excluding carboxylic acids is 1. The van der Waals surface area contributed by atoms with Crippen LogP contribution in [0.1, 0.15) is 55.5 Å². The number of aromatic nitrogens is 2. The van der Waals surface area contributed by atoms with Crippen LogP contribution in [-0.4, -0.2) is 35.0 Å². The molecule has 0 spiro atoms. The number of hydrogen-bond donors (Lipinski definition) is 3. The molecule has 1 saturated heterocycles. The molecule has 1 aromatic rings. The molecule has 22 heavy (non-hydrogen) atoms. The topological polar surface area (TPSA) is 86.9 Å². The van der Waals surface area contributed by atoms with Crippen molar-refractivity contribution in [1.82, 2.24) is 20.6 Å². The molecule has 1 aliphatic rings. The summed E-state index contributed by atoms with van der Waals surface area (Å²) in [6, 6.07) is 0.0762. The third kappa shape index (κ3) is 4.30. The smallest absolute Gasteiger partial charge is 0.264 e. The van der Waals surface area contributed by atoms with Gasteiger partial charge in [0.25, 0.3) is 11.5 Å². The maximum Gasteiger partial charge on any atom is 0.264 e. The van der Waals surface area contributed by atoms with E-state index in [1.165, 1.54) is 0 Å². The summed E-state index contributed by atoms with van der Waals surface area (Å²) in [6.45, 7) is 9.34. The second kappa shape index (κ2) is 7.24. The van der Waals surface area contributed by atoms with Gasteiger partial charge in [-0.2, -0.15) is 0 Å². The van der Waals surface area contributed by atoms with E-state index in [-0.39, 0.29) is 40.9 Å². The van der Waals surface area contributed by atoms with Gasteiger partial charge >= 0.3 is 0 Å². The molecule has 1 atom stereocenters.